The minimum absolute atomic E-state index is 0.230. The van der Waals surface area contributed by atoms with Gasteiger partial charge in [0, 0.05) is 24.0 Å². The quantitative estimate of drug-likeness (QED) is 0.550. The third kappa shape index (κ3) is 4.32. The Bertz CT molecular complexity index is 1240. The number of hydrogen-bond acceptors (Lipinski definition) is 5. The predicted octanol–water partition coefficient (Wildman–Crippen LogP) is 4.72. The van der Waals surface area contributed by atoms with Gasteiger partial charge in [-0.3, -0.25) is 4.79 Å². The molecule has 0 fully saturated rings. The summed E-state index contributed by atoms with van der Waals surface area (Å²) in [5.74, 6) is -5.03. The van der Waals surface area contributed by atoms with E-state index in [0.29, 0.717) is 12.1 Å². The van der Waals surface area contributed by atoms with Crippen LogP contribution in [0.5, 0.6) is 11.5 Å². The summed E-state index contributed by atoms with van der Waals surface area (Å²) in [6.45, 7) is 0. The highest BCUT2D eigenvalue weighted by molar-refractivity contribution is 7.90. The van der Waals surface area contributed by atoms with E-state index in [0.717, 1.165) is 18.4 Å². The Hall–Kier alpha value is -3.14. The summed E-state index contributed by atoms with van der Waals surface area (Å²) >= 11 is 0. The van der Waals surface area contributed by atoms with Gasteiger partial charge in [0.15, 0.2) is 32.9 Å². The molecular weight excluding hydrogens is 416 g/mol. The van der Waals surface area contributed by atoms with E-state index in [1.54, 1.807) is 0 Å². The van der Waals surface area contributed by atoms with Gasteiger partial charge in [-0.2, -0.15) is 0 Å². The molecule has 5 nitrogen and oxygen atoms in total. The molecule has 152 valence electrons. The molecule has 3 rings (SSSR count). The highest BCUT2D eigenvalue weighted by Gasteiger charge is 2.25. The Morgan fingerprint density at radius 2 is 1.72 bits per heavy atom. The lowest BCUT2D eigenvalue weighted by atomic mass is 10.1. The fourth-order valence-electron chi connectivity index (χ4n) is 2.53. The Labute approximate surface area is 162 Å². The largest absolute Gasteiger partial charge is 0.451 e. The summed E-state index contributed by atoms with van der Waals surface area (Å²) in [5, 5.41) is 0. The Morgan fingerprint density at radius 3 is 2.34 bits per heavy atom. The number of halogens is 4. The minimum Gasteiger partial charge on any atom is -0.451 e. The van der Waals surface area contributed by atoms with Gasteiger partial charge in [0.1, 0.15) is 5.82 Å². The van der Waals surface area contributed by atoms with E-state index < -0.39 is 56.3 Å². The van der Waals surface area contributed by atoms with E-state index in [4.69, 9.17) is 9.15 Å². The van der Waals surface area contributed by atoms with E-state index in [-0.39, 0.29) is 10.5 Å². The van der Waals surface area contributed by atoms with Gasteiger partial charge in [0.2, 0.25) is 11.2 Å². The van der Waals surface area contributed by atoms with Crippen molar-refractivity contribution in [2.45, 2.75) is 11.3 Å². The summed E-state index contributed by atoms with van der Waals surface area (Å²) in [5.41, 5.74) is -1.33. The molecule has 0 atom stereocenters. The molecule has 0 aliphatic carbocycles. The van der Waals surface area contributed by atoms with Crippen LogP contribution in [-0.2, 0) is 9.84 Å². The SMILES string of the molecule is CS(=O)(=O)c1ccccc1-c1oc(C(F)F)cc(=O)c1Oc1ccc(F)cc1F. The molecule has 0 N–H and O–H groups in total. The van der Waals surface area contributed by atoms with E-state index in [2.05, 4.69) is 0 Å². The van der Waals surface area contributed by atoms with E-state index in [1.807, 2.05) is 0 Å². The van der Waals surface area contributed by atoms with Crippen molar-refractivity contribution in [3.05, 3.63) is 76.1 Å². The Balaban J connectivity index is 2.30. The van der Waals surface area contributed by atoms with Crippen LogP contribution in [0.25, 0.3) is 11.3 Å². The number of sulfone groups is 1. The lowest BCUT2D eigenvalue weighted by Crippen LogP contribution is -2.10. The molecule has 10 heteroatoms. The standard InChI is InChI=1S/C19H12F4O5S/c1-29(25,26)16-5-3-2-4-11(16)17-18(13(24)9-15(28-17)19(22)23)27-14-7-6-10(20)8-12(14)21/h2-9,19H,1H3. The van der Waals surface area contributed by atoms with Crippen molar-refractivity contribution in [1.29, 1.82) is 0 Å². The van der Waals surface area contributed by atoms with Crippen molar-refractivity contribution in [1.82, 2.24) is 0 Å². The number of alkyl halides is 2. The summed E-state index contributed by atoms with van der Waals surface area (Å²) in [6, 6.07) is 7.87. The van der Waals surface area contributed by atoms with Gasteiger partial charge in [-0.25, -0.2) is 26.0 Å². The minimum atomic E-state index is -3.86. The molecule has 29 heavy (non-hydrogen) atoms. The van der Waals surface area contributed by atoms with Crippen LogP contribution in [0, 0.1) is 11.6 Å². The maximum atomic E-state index is 14.0. The first kappa shape index (κ1) is 20.6. The van der Waals surface area contributed by atoms with Crippen molar-refractivity contribution in [3.8, 4) is 22.8 Å². The van der Waals surface area contributed by atoms with Crippen LogP contribution in [0.2, 0.25) is 0 Å². The Morgan fingerprint density at radius 1 is 1.03 bits per heavy atom. The highest BCUT2D eigenvalue weighted by Crippen LogP contribution is 2.37. The second kappa shape index (κ2) is 7.70. The number of benzene rings is 2. The van der Waals surface area contributed by atoms with Crippen LogP contribution >= 0.6 is 0 Å². The number of ether oxygens (including phenoxy) is 1. The van der Waals surface area contributed by atoms with Gasteiger partial charge in [0.05, 0.1) is 4.90 Å². The van der Waals surface area contributed by atoms with Crippen molar-refractivity contribution in [3.63, 3.8) is 0 Å². The van der Waals surface area contributed by atoms with E-state index >= 15 is 0 Å². The fraction of sp³-hybridized carbons (Fsp3) is 0.105. The molecule has 1 heterocycles. The van der Waals surface area contributed by atoms with Crippen molar-refractivity contribution < 1.29 is 35.1 Å². The van der Waals surface area contributed by atoms with Gasteiger partial charge >= 0.3 is 0 Å². The summed E-state index contributed by atoms with van der Waals surface area (Å²) < 4.78 is 87.8. The van der Waals surface area contributed by atoms with Crippen molar-refractivity contribution in [2.75, 3.05) is 6.26 Å². The first-order valence-corrected chi connectivity index (χ1v) is 9.85. The van der Waals surface area contributed by atoms with E-state index in [1.165, 1.54) is 24.3 Å². The number of hydrogen-bond donors (Lipinski definition) is 0. The normalized spacial score (nSPS) is 11.7. The molecule has 0 radical (unpaired) electrons. The zero-order valence-electron chi connectivity index (χ0n) is 14.7. The molecule has 0 amide bonds. The topological polar surface area (TPSA) is 73.6 Å². The molecule has 0 saturated carbocycles. The van der Waals surface area contributed by atoms with Gasteiger partial charge in [0.25, 0.3) is 6.43 Å². The molecule has 2 aromatic carbocycles. The maximum absolute atomic E-state index is 14.0. The first-order chi connectivity index (χ1) is 13.6. The van der Waals surface area contributed by atoms with Crippen LogP contribution < -0.4 is 10.2 Å². The molecule has 0 aliphatic heterocycles. The molecule has 3 aromatic rings. The predicted molar refractivity (Wildman–Crippen MR) is 94.9 cm³/mol. The van der Waals surface area contributed by atoms with Gasteiger partial charge < -0.3 is 9.15 Å². The van der Waals surface area contributed by atoms with Crippen LogP contribution in [0.4, 0.5) is 17.6 Å². The first-order valence-electron chi connectivity index (χ1n) is 7.96. The van der Waals surface area contributed by atoms with Gasteiger partial charge in [-0.1, -0.05) is 12.1 Å². The fourth-order valence-corrected chi connectivity index (χ4v) is 3.41. The zero-order chi connectivity index (χ0) is 21.3. The third-order valence-electron chi connectivity index (χ3n) is 3.78. The van der Waals surface area contributed by atoms with Crippen LogP contribution in [0.1, 0.15) is 12.2 Å². The summed E-state index contributed by atoms with van der Waals surface area (Å²) in [6.07, 6.45) is -2.30. The molecular formula is C19H12F4O5S. The lowest BCUT2D eigenvalue weighted by molar-refractivity contribution is 0.120. The smallest absolute Gasteiger partial charge is 0.295 e. The maximum Gasteiger partial charge on any atom is 0.295 e. The second-order valence-electron chi connectivity index (χ2n) is 5.92. The summed E-state index contributed by atoms with van der Waals surface area (Å²) in [7, 11) is -3.86. The zero-order valence-corrected chi connectivity index (χ0v) is 15.5. The van der Waals surface area contributed by atoms with Gasteiger partial charge in [-0.15, -0.1) is 0 Å². The monoisotopic (exact) mass is 428 g/mol. The molecule has 0 unspecified atom stereocenters. The van der Waals surface area contributed by atoms with Gasteiger partial charge in [-0.05, 0) is 24.3 Å². The molecule has 0 bridgehead atoms. The van der Waals surface area contributed by atoms with Crippen molar-refractivity contribution >= 4 is 9.84 Å². The average Bonchev–Trinajstić information content (AvgIpc) is 2.64. The van der Waals surface area contributed by atoms with E-state index in [9.17, 15) is 30.8 Å². The molecule has 0 saturated heterocycles. The third-order valence-corrected chi connectivity index (χ3v) is 4.93. The summed E-state index contributed by atoms with van der Waals surface area (Å²) in [4.78, 5) is 12.1. The molecule has 0 spiro atoms. The number of rotatable bonds is 5. The van der Waals surface area contributed by atoms with Crippen LogP contribution in [-0.4, -0.2) is 14.7 Å². The average molecular weight is 428 g/mol. The highest BCUT2D eigenvalue weighted by atomic mass is 32.2. The second-order valence-corrected chi connectivity index (χ2v) is 7.90. The lowest BCUT2D eigenvalue weighted by Gasteiger charge is -2.14. The van der Waals surface area contributed by atoms with Crippen molar-refractivity contribution in [2.24, 2.45) is 0 Å². The molecule has 0 aliphatic rings. The molecule has 1 aromatic heterocycles. The van der Waals surface area contributed by atoms with Crippen LogP contribution in [0.15, 0.2) is 62.6 Å². The Kier molecular flexibility index (Phi) is 5.47. The van der Waals surface area contributed by atoms with Crippen LogP contribution in [0.3, 0.4) is 0 Å².